The van der Waals surface area contributed by atoms with Crippen LogP contribution in [0, 0.1) is 0 Å². The smallest absolute Gasteiger partial charge is 0.136 e. The molecule has 1 aliphatic rings. The zero-order chi connectivity index (χ0) is 14.8. The molecule has 0 fully saturated rings. The van der Waals surface area contributed by atoms with Crippen LogP contribution in [-0.4, -0.2) is 10.4 Å². The van der Waals surface area contributed by atoms with Gasteiger partial charge in [0.1, 0.15) is 5.78 Å². The summed E-state index contributed by atoms with van der Waals surface area (Å²) in [5, 5.41) is 1.25. The second-order valence-corrected chi connectivity index (χ2v) is 5.68. The van der Waals surface area contributed by atoms with Crippen molar-refractivity contribution in [3.05, 3.63) is 48.2 Å². The van der Waals surface area contributed by atoms with Crippen molar-refractivity contribution in [1.82, 2.24) is 4.57 Å². The van der Waals surface area contributed by atoms with E-state index < -0.39 is 0 Å². The SMILES string of the molecule is C=C1CCC(=O)C/C=C\c2c1c1ccccc1n2CCC. The number of hydrogen-bond donors (Lipinski definition) is 0. The molecule has 2 aromatic rings. The van der Waals surface area contributed by atoms with E-state index in [0.717, 1.165) is 25.0 Å². The summed E-state index contributed by atoms with van der Waals surface area (Å²) in [6, 6.07) is 8.51. The molecule has 1 aliphatic carbocycles. The number of allylic oxidation sites excluding steroid dienone is 2. The fourth-order valence-electron chi connectivity index (χ4n) is 3.15. The Hall–Kier alpha value is -2.09. The lowest BCUT2D eigenvalue weighted by Crippen LogP contribution is -1.99. The lowest BCUT2D eigenvalue weighted by atomic mass is 9.99. The van der Waals surface area contributed by atoms with Gasteiger partial charge in [-0.3, -0.25) is 4.79 Å². The Kier molecular flexibility index (Phi) is 3.78. The number of rotatable bonds is 2. The van der Waals surface area contributed by atoms with E-state index in [4.69, 9.17) is 0 Å². The molecule has 0 atom stereocenters. The fraction of sp³-hybridized carbons (Fsp3) is 0.316. The van der Waals surface area contributed by atoms with Gasteiger partial charge < -0.3 is 4.57 Å². The minimum atomic E-state index is 0.295. The molecule has 0 amide bonds. The highest BCUT2D eigenvalue weighted by atomic mass is 16.1. The van der Waals surface area contributed by atoms with E-state index in [1.807, 2.05) is 6.08 Å². The van der Waals surface area contributed by atoms with E-state index in [1.54, 1.807) is 0 Å². The van der Waals surface area contributed by atoms with Gasteiger partial charge in [0.25, 0.3) is 0 Å². The van der Waals surface area contributed by atoms with E-state index in [2.05, 4.69) is 48.4 Å². The monoisotopic (exact) mass is 279 g/mol. The minimum Gasteiger partial charge on any atom is -0.340 e. The van der Waals surface area contributed by atoms with Crippen LogP contribution >= 0.6 is 0 Å². The molecule has 1 aromatic heterocycles. The molecule has 0 saturated heterocycles. The van der Waals surface area contributed by atoms with Gasteiger partial charge in [-0.25, -0.2) is 0 Å². The minimum absolute atomic E-state index is 0.295. The molecule has 0 bridgehead atoms. The number of carbonyl (C=O) groups excluding carboxylic acids is 1. The first-order chi connectivity index (χ1) is 10.2. The molecule has 0 radical (unpaired) electrons. The van der Waals surface area contributed by atoms with Gasteiger partial charge in [0.2, 0.25) is 0 Å². The summed E-state index contributed by atoms with van der Waals surface area (Å²) in [4.78, 5) is 11.8. The lowest BCUT2D eigenvalue weighted by molar-refractivity contribution is -0.118. The first kappa shape index (κ1) is 13.9. The molecule has 0 spiro atoms. The Bertz CT molecular complexity index is 733. The Balaban J connectivity index is 2.28. The van der Waals surface area contributed by atoms with E-state index >= 15 is 0 Å². The Morgan fingerprint density at radius 1 is 1.24 bits per heavy atom. The maximum absolute atomic E-state index is 11.8. The summed E-state index contributed by atoms with van der Waals surface area (Å²) < 4.78 is 2.36. The molecule has 2 heteroatoms. The molecule has 3 rings (SSSR count). The number of benzene rings is 1. The van der Waals surface area contributed by atoms with Crippen LogP contribution < -0.4 is 0 Å². The quantitative estimate of drug-likeness (QED) is 0.771. The number of hydrogen-bond acceptors (Lipinski definition) is 1. The zero-order valence-electron chi connectivity index (χ0n) is 12.6. The summed E-state index contributed by atoms with van der Waals surface area (Å²) >= 11 is 0. The highest BCUT2D eigenvalue weighted by Gasteiger charge is 2.18. The van der Waals surface area contributed by atoms with Crippen LogP contribution in [0.4, 0.5) is 0 Å². The molecule has 21 heavy (non-hydrogen) atoms. The predicted octanol–water partition coefficient (Wildman–Crippen LogP) is 4.83. The van der Waals surface area contributed by atoms with Gasteiger partial charge in [-0.2, -0.15) is 0 Å². The van der Waals surface area contributed by atoms with E-state index in [1.165, 1.54) is 22.2 Å². The van der Waals surface area contributed by atoms with Crippen LogP contribution in [0.2, 0.25) is 0 Å². The van der Waals surface area contributed by atoms with E-state index in [9.17, 15) is 4.79 Å². The predicted molar refractivity (Wildman–Crippen MR) is 89.2 cm³/mol. The van der Waals surface area contributed by atoms with Crippen molar-refractivity contribution in [3.8, 4) is 0 Å². The number of ketones is 1. The molecule has 0 saturated carbocycles. The fourth-order valence-corrected chi connectivity index (χ4v) is 3.15. The normalized spacial score (nSPS) is 17.2. The molecule has 108 valence electrons. The number of nitrogens with zero attached hydrogens (tertiary/aromatic N) is 1. The summed E-state index contributed by atoms with van der Waals surface area (Å²) in [6.07, 6.45) is 7.08. The largest absolute Gasteiger partial charge is 0.340 e. The second-order valence-electron chi connectivity index (χ2n) is 5.68. The number of aryl methyl sites for hydroxylation is 1. The van der Waals surface area contributed by atoms with Crippen molar-refractivity contribution in [1.29, 1.82) is 0 Å². The molecule has 2 nitrogen and oxygen atoms in total. The van der Waals surface area contributed by atoms with Gasteiger partial charge in [-0.15, -0.1) is 0 Å². The van der Waals surface area contributed by atoms with Crippen molar-refractivity contribution in [3.63, 3.8) is 0 Å². The highest BCUT2D eigenvalue weighted by Crippen LogP contribution is 2.35. The van der Waals surface area contributed by atoms with Crippen LogP contribution in [0.25, 0.3) is 22.6 Å². The van der Waals surface area contributed by atoms with Crippen LogP contribution in [0.1, 0.15) is 43.9 Å². The molecule has 1 aromatic carbocycles. The van der Waals surface area contributed by atoms with Crippen LogP contribution in [0.15, 0.2) is 36.9 Å². The third-order valence-electron chi connectivity index (χ3n) is 4.14. The topological polar surface area (TPSA) is 22.0 Å². The van der Waals surface area contributed by atoms with Crippen molar-refractivity contribution < 1.29 is 4.79 Å². The van der Waals surface area contributed by atoms with Crippen LogP contribution in [0.5, 0.6) is 0 Å². The van der Waals surface area contributed by atoms with Gasteiger partial charge in [-0.1, -0.05) is 37.8 Å². The first-order valence-corrected chi connectivity index (χ1v) is 7.70. The third-order valence-corrected chi connectivity index (χ3v) is 4.14. The summed E-state index contributed by atoms with van der Waals surface area (Å²) in [7, 11) is 0. The average molecular weight is 279 g/mol. The summed E-state index contributed by atoms with van der Waals surface area (Å²) in [5.41, 5.74) is 4.78. The maximum atomic E-state index is 11.8. The Labute approximate surface area is 125 Å². The van der Waals surface area contributed by atoms with Crippen molar-refractivity contribution >= 4 is 28.3 Å². The van der Waals surface area contributed by atoms with Gasteiger partial charge in [-0.05, 0) is 30.6 Å². The summed E-state index contributed by atoms with van der Waals surface area (Å²) in [5.74, 6) is 0.295. The molecular formula is C19H21NO. The van der Waals surface area contributed by atoms with Gasteiger partial charge in [0.05, 0.1) is 0 Å². The second kappa shape index (κ2) is 5.72. The van der Waals surface area contributed by atoms with E-state index in [-0.39, 0.29) is 0 Å². The number of para-hydroxylation sites is 1. The lowest BCUT2D eigenvalue weighted by Gasteiger charge is -2.08. The number of Topliss-reactive ketones (excluding diaryl/α,β-unsaturated/α-hetero) is 1. The molecule has 0 unspecified atom stereocenters. The van der Waals surface area contributed by atoms with Crippen LogP contribution in [-0.2, 0) is 11.3 Å². The van der Waals surface area contributed by atoms with E-state index in [0.29, 0.717) is 18.6 Å². The number of aromatic nitrogens is 1. The Morgan fingerprint density at radius 3 is 2.86 bits per heavy atom. The Morgan fingerprint density at radius 2 is 2.05 bits per heavy atom. The first-order valence-electron chi connectivity index (χ1n) is 7.70. The van der Waals surface area contributed by atoms with Crippen molar-refractivity contribution in [2.45, 2.75) is 39.2 Å². The molecular weight excluding hydrogens is 258 g/mol. The number of carbonyl (C=O) groups is 1. The maximum Gasteiger partial charge on any atom is 0.136 e. The van der Waals surface area contributed by atoms with Crippen LogP contribution in [0.3, 0.4) is 0 Å². The van der Waals surface area contributed by atoms with Gasteiger partial charge in [0, 0.05) is 41.5 Å². The zero-order valence-corrected chi connectivity index (χ0v) is 12.6. The molecule has 0 N–H and O–H groups in total. The third kappa shape index (κ3) is 2.46. The standard InChI is InChI=1S/C19H21NO/c1-3-13-20-17-9-5-4-8-16(17)19-14(2)11-12-15(21)7-6-10-18(19)20/h4-6,8-10H,2-3,7,11-13H2,1H3/b10-6-. The van der Waals surface area contributed by atoms with Gasteiger partial charge >= 0.3 is 0 Å². The highest BCUT2D eigenvalue weighted by molar-refractivity contribution is 5.98. The summed E-state index contributed by atoms with van der Waals surface area (Å²) in [6.45, 7) is 7.44. The van der Waals surface area contributed by atoms with Gasteiger partial charge in [0.15, 0.2) is 0 Å². The molecule has 0 aliphatic heterocycles. The molecule has 1 heterocycles. The number of fused-ring (bicyclic) bond motifs is 3. The van der Waals surface area contributed by atoms with Crippen molar-refractivity contribution in [2.75, 3.05) is 0 Å². The average Bonchev–Trinajstić information content (AvgIpc) is 2.82. The van der Waals surface area contributed by atoms with Crippen molar-refractivity contribution in [2.24, 2.45) is 0 Å².